The number of nitrogens with one attached hydrogen (secondary N) is 1. The van der Waals surface area contributed by atoms with Crippen molar-refractivity contribution in [3.05, 3.63) is 64.7 Å². The van der Waals surface area contributed by atoms with Gasteiger partial charge in [-0.15, -0.1) is 0 Å². The first-order chi connectivity index (χ1) is 22.9. The van der Waals surface area contributed by atoms with Gasteiger partial charge in [0.25, 0.3) is 0 Å². The number of hydrogen-bond acceptors (Lipinski definition) is 1. The van der Waals surface area contributed by atoms with Crippen LogP contribution in [0.1, 0.15) is 126 Å². The summed E-state index contributed by atoms with van der Waals surface area (Å²) in [5, 5.41) is 1.39. The fourth-order valence-corrected chi connectivity index (χ4v) is 18.6. The monoisotopic (exact) mass is 723 g/mol. The Labute approximate surface area is 290 Å². The van der Waals surface area contributed by atoms with Gasteiger partial charge >= 0.3 is 12.4 Å². The van der Waals surface area contributed by atoms with Crippen LogP contribution in [0.3, 0.4) is 0 Å². The molecule has 268 valence electrons. The number of benzene rings is 2. The smallest absolute Gasteiger partial charge is 0.242 e. The van der Waals surface area contributed by atoms with Crippen molar-refractivity contribution in [1.82, 2.24) is 4.72 Å². The van der Waals surface area contributed by atoms with E-state index in [-0.39, 0.29) is 21.9 Å². The van der Waals surface area contributed by atoms with Crippen LogP contribution in [0.25, 0.3) is 0 Å². The molecule has 49 heavy (non-hydrogen) atoms. The lowest BCUT2D eigenvalue weighted by molar-refractivity contribution is -0.143. The lowest BCUT2D eigenvalue weighted by atomic mass is 9.55. The highest BCUT2D eigenvalue weighted by molar-refractivity contribution is 7.84. The van der Waals surface area contributed by atoms with Crippen molar-refractivity contribution in [2.75, 3.05) is 0 Å². The van der Waals surface area contributed by atoms with Crippen molar-refractivity contribution in [3.8, 4) is 0 Å². The SMILES string of the molecule is CC(C)(C)S(=O)N[C@@H](c1cc(C(F)(F)F)cc(C(F)(F)F)c1)c1ccccc1P(C12CC3CC(CC(C3)C1)C2)C12CC3CC(CC(C3)C1)C2. The molecule has 10 rings (SSSR count). The van der Waals surface area contributed by atoms with Crippen LogP contribution in [-0.4, -0.2) is 19.3 Å². The maximum absolute atomic E-state index is 14.3. The normalized spacial score (nSPS) is 37.0. The summed E-state index contributed by atoms with van der Waals surface area (Å²) in [6.07, 6.45) is 4.95. The van der Waals surface area contributed by atoms with Gasteiger partial charge in [0, 0.05) is 0 Å². The second-order valence-corrected chi connectivity index (χ2v) is 23.0. The number of rotatable bonds is 7. The molecular weight excluding hydrogens is 675 g/mol. The largest absolute Gasteiger partial charge is 0.416 e. The molecule has 0 saturated heterocycles. The molecule has 0 heterocycles. The summed E-state index contributed by atoms with van der Waals surface area (Å²) in [6, 6.07) is 8.77. The Morgan fingerprint density at radius 1 is 0.673 bits per heavy atom. The number of hydrogen-bond donors (Lipinski definition) is 1. The zero-order valence-corrected chi connectivity index (χ0v) is 30.3. The molecule has 2 nitrogen and oxygen atoms in total. The minimum Gasteiger partial charge on any atom is -0.242 e. The van der Waals surface area contributed by atoms with E-state index in [0.717, 1.165) is 17.4 Å². The fraction of sp³-hybridized carbons (Fsp3) is 0.692. The van der Waals surface area contributed by atoms with Gasteiger partial charge in [0.05, 0.1) is 32.9 Å². The summed E-state index contributed by atoms with van der Waals surface area (Å²) in [7, 11) is -2.62. The van der Waals surface area contributed by atoms with E-state index < -0.39 is 53.2 Å². The molecule has 8 aliphatic rings. The molecule has 2 aromatic rings. The molecular formula is C39H48F6NOPS. The molecule has 0 spiro atoms. The molecule has 10 heteroatoms. The van der Waals surface area contributed by atoms with Crippen LogP contribution in [0.4, 0.5) is 26.3 Å². The Kier molecular flexibility index (Phi) is 8.33. The van der Waals surface area contributed by atoms with Crippen molar-refractivity contribution in [1.29, 1.82) is 0 Å². The van der Waals surface area contributed by atoms with Crippen LogP contribution in [0.15, 0.2) is 42.5 Å². The lowest BCUT2D eigenvalue weighted by Gasteiger charge is -2.67. The molecule has 2 atom stereocenters. The van der Waals surface area contributed by atoms with E-state index in [1.165, 1.54) is 77.0 Å². The highest BCUT2D eigenvalue weighted by Crippen LogP contribution is 2.78. The first kappa shape index (κ1) is 34.6. The summed E-state index contributed by atoms with van der Waals surface area (Å²) in [5.41, 5.74) is -2.11. The molecule has 2 aromatic carbocycles. The predicted molar refractivity (Wildman–Crippen MR) is 184 cm³/mol. The van der Waals surface area contributed by atoms with Crippen LogP contribution in [0, 0.1) is 35.5 Å². The van der Waals surface area contributed by atoms with Crippen molar-refractivity contribution in [2.24, 2.45) is 35.5 Å². The summed E-state index contributed by atoms with van der Waals surface area (Å²) in [5.74, 6) is 4.24. The molecule has 1 unspecified atom stereocenters. The first-order valence-electron chi connectivity index (χ1n) is 18.3. The molecule has 1 N–H and O–H groups in total. The van der Waals surface area contributed by atoms with E-state index in [4.69, 9.17) is 0 Å². The summed E-state index contributed by atoms with van der Waals surface area (Å²) >= 11 is 0. The minimum absolute atomic E-state index is 0.129. The maximum Gasteiger partial charge on any atom is 0.416 e. The summed E-state index contributed by atoms with van der Waals surface area (Å²) < 4.78 is 102. The molecule has 8 aliphatic carbocycles. The van der Waals surface area contributed by atoms with Gasteiger partial charge in [0.1, 0.15) is 0 Å². The van der Waals surface area contributed by atoms with Crippen LogP contribution in [-0.2, 0) is 23.3 Å². The average molecular weight is 724 g/mol. The first-order valence-corrected chi connectivity index (χ1v) is 20.8. The van der Waals surface area contributed by atoms with E-state index in [9.17, 15) is 30.6 Å². The molecule has 8 bridgehead atoms. The summed E-state index contributed by atoms with van der Waals surface area (Å²) in [4.78, 5) is 0. The molecule has 8 fully saturated rings. The standard InChI is InChI=1S/C39H48F6NOPS/c1-35(2,3)49(47)46-34(29-14-30(38(40,41)42)16-31(15-29)39(43,44)45)32-6-4-5-7-33(32)48(36-17-23-8-24(18-36)10-25(9-23)19-36)37-20-26-11-27(21-37)13-28(12-26)22-37/h4-7,14-16,23-28,34,46H,8-13,17-22H2,1-3H3/t23?,24?,25?,26?,27?,28?,34-,36?,37?,48?,49?/m0/s1. The number of halogens is 6. The van der Waals surface area contributed by atoms with Crippen molar-refractivity contribution in [2.45, 2.75) is 131 Å². The molecule has 0 amide bonds. The van der Waals surface area contributed by atoms with E-state index in [1.807, 2.05) is 18.2 Å². The van der Waals surface area contributed by atoms with Gasteiger partial charge in [-0.25, -0.2) is 8.93 Å². The van der Waals surface area contributed by atoms with Crippen LogP contribution >= 0.6 is 7.92 Å². The Balaban J connectivity index is 1.34. The predicted octanol–water partition coefficient (Wildman–Crippen LogP) is 10.9. The highest BCUT2D eigenvalue weighted by atomic mass is 32.2. The lowest BCUT2D eigenvalue weighted by Crippen LogP contribution is -2.58. The Morgan fingerprint density at radius 2 is 1.06 bits per heavy atom. The average Bonchev–Trinajstić information content (AvgIpc) is 2.97. The quantitative estimate of drug-likeness (QED) is 0.224. The van der Waals surface area contributed by atoms with E-state index in [2.05, 4.69) is 10.8 Å². The maximum atomic E-state index is 14.3. The van der Waals surface area contributed by atoms with Gasteiger partial charge in [-0.3, -0.25) is 0 Å². The van der Waals surface area contributed by atoms with E-state index in [1.54, 1.807) is 20.8 Å². The Morgan fingerprint density at radius 3 is 1.43 bits per heavy atom. The number of alkyl halides is 6. The van der Waals surface area contributed by atoms with Crippen molar-refractivity contribution in [3.63, 3.8) is 0 Å². The summed E-state index contributed by atoms with van der Waals surface area (Å²) in [6.45, 7) is 5.30. The molecule has 8 saturated carbocycles. The zero-order valence-electron chi connectivity index (χ0n) is 28.6. The van der Waals surface area contributed by atoms with Gasteiger partial charge in [0.15, 0.2) is 0 Å². The van der Waals surface area contributed by atoms with Gasteiger partial charge in [-0.1, -0.05) is 32.2 Å². The Bertz CT molecular complexity index is 1480. The zero-order chi connectivity index (χ0) is 34.7. The molecule has 0 aromatic heterocycles. The third-order valence-corrected chi connectivity index (χ3v) is 18.6. The van der Waals surface area contributed by atoms with Gasteiger partial charge in [-0.2, -0.15) is 26.3 Å². The van der Waals surface area contributed by atoms with Crippen LogP contribution < -0.4 is 10.0 Å². The highest BCUT2D eigenvalue weighted by Gasteiger charge is 2.63. The minimum atomic E-state index is -4.98. The third-order valence-electron chi connectivity index (χ3n) is 13.2. The van der Waals surface area contributed by atoms with Gasteiger partial charge in [-0.05, 0) is 178 Å². The fourth-order valence-electron chi connectivity index (χ4n) is 12.4. The molecule has 0 radical (unpaired) electrons. The van der Waals surface area contributed by atoms with E-state index in [0.29, 0.717) is 41.1 Å². The van der Waals surface area contributed by atoms with Crippen molar-refractivity contribution >= 4 is 24.2 Å². The van der Waals surface area contributed by atoms with Crippen molar-refractivity contribution < 1.29 is 30.6 Å². The van der Waals surface area contributed by atoms with Crippen LogP contribution in [0.5, 0.6) is 0 Å². The molecule has 0 aliphatic heterocycles. The van der Waals surface area contributed by atoms with Crippen LogP contribution in [0.2, 0.25) is 0 Å². The topological polar surface area (TPSA) is 29.1 Å². The second-order valence-electron chi connectivity index (χ2n) is 17.9. The third kappa shape index (κ3) is 6.26. The second kappa shape index (κ2) is 11.8. The van der Waals surface area contributed by atoms with E-state index >= 15 is 0 Å². The van der Waals surface area contributed by atoms with Gasteiger partial charge < -0.3 is 0 Å². The van der Waals surface area contributed by atoms with Gasteiger partial charge in [0.2, 0.25) is 0 Å². The Hall–Kier alpha value is -1.44.